The van der Waals surface area contributed by atoms with Crippen molar-refractivity contribution >= 4 is 29.1 Å². The van der Waals surface area contributed by atoms with E-state index in [1.807, 2.05) is 36.4 Å². The molecule has 2 bridgehead atoms. The molecular weight excluding hydrogens is 452 g/mol. The van der Waals surface area contributed by atoms with Gasteiger partial charge >= 0.3 is 5.97 Å². The molecule has 4 aliphatic heterocycles. The Labute approximate surface area is 205 Å². The van der Waals surface area contributed by atoms with Crippen LogP contribution in [0.3, 0.4) is 0 Å². The molecule has 34 heavy (non-hydrogen) atoms. The zero-order valence-electron chi connectivity index (χ0n) is 19.1. The second-order valence-electron chi connectivity index (χ2n) is 9.30. The largest absolute Gasteiger partial charge is 0.497 e. The van der Waals surface area contributed by atoms with Gasteiger partial charge in [0.1, 0.15) is 17.6 Å². The van der Waals surface area contributed by atoms with E-state index in [0.717, 1.165) is 54.1 Å². The van der Waals surface area contributed by atoms with Crippen molar-refractivity contribution < 1.29 is 18.9 Å². The van der Waals surface area contributed by atoms with Crippen molar-refractivity contribution in [3.63, 3.8) is 0 Å². The summed E-state index contributed by atoms with van der Waals surface area (Å²) >= 11 is 5.40. The van der Waals surface area contributed by atoms with Crippen molar-refractivity contribution in [2.45, 2.75) is 31.0 Å². The van der Waals surface area contributed by atoms with Gasteiger partial charge in [-0.1, -0.05) is 30.4 Å². The van der Waals surface area contributed by atoms with E-state index >= 15 is 0 Å². The first-order valence-corrected chi connectivity index (χ1v) is 12.0. The number of fused-ring (bicyclic) bond motifs is 4. The molecule has 2 aromatic rings. The number of hydrogen-bond acceptors (Lipinski definition) is 6. The summed E-state index contributed by atoms with van der Waals surface area (Å²) in [5.41, 5.74) is 3.72. The van der Waals surface area contributed by atoms with Crippen LogP contribution in [0.25, 0.3) is 5.57 Å². The maximum Gasteiger partial charge on any atom is 0.356 e. The third-order valence-corrected chi connectivity index (χ3v) is 7.76. The van der Waals surface area contributed by atoms with Crippen molar-refractivity contribution in [2.75, 3.05) is 25.5 Å². The number of halogens is 1. The topological polar surface area (TPSA) is 71.0 Å². The molecule has 0 amide bonds. The highest BCUT2D eigenvalue weighted by Gasteiger charge is 2.43. The van der Waals surface area contributed by atoms with Gasteiger partial charge in [0.15, 0.2) is 0 Å². The zero-order chi connectivity index (χ0) is 23.8. The highest BCUT2D eigenvalue weighted by Crippen LogP contribution is 2.44. The number of nitrogens with zero attached hydrogens (tertiary/aromatic N) is 1. The summed E-state index contributed by atoms with van der Waals surface area (Å²) in [6.07, 6.45) is 5.47. The number of nitrogens with one attached hydrogen (secondary N) is 1. The van der Waals surface area contributed by atoms with Gasteiger partial charge < -0.3 is 19.4 Å². The molecule has 0 spiro atoms. The fraction of sp³-hybridized carbons (Fsp3) is 0.370. The minimum atomic E-state index is -0.684. The third-order valence-electron chi connectivity index (χ3n) is 7.62. The predicted molar refractivity (Wildman–Crippen MR) is 133 cm³/mol. The lowest BCUT2D eigenvalue weighted by Crippen LogP contribution is -2.57. The Kier molecular flexibility index (Phi) is 6.38. The van der Waals surface area contributed by atoms with Crippen molar-refractivity contribution in [3.8, 4) is 5.75 Å². The Balaban J connectivity index is 1.56. The van der Waals surface area contributed by atoms with Crippen molar-refractivity contribution in [1.29, 1.82) is 0 Å². The quantitative estimate of drug-likeness (QED) is 0.578. The van der Waals surface area contributed by atoms with E-state index in [2.05, 4.69) is 27.2 Å². The number of benzene rings is 2. The predicted octanol–water partition coefficient (Wildman–Crippen LogP) is 4.81. The number of rotatable bonds is 6. The Morgan fingerprint density at radius 2 is 2.15 bits per heavy atom. The minimum absolute atomic E-state index is 0.0297. The van der Waals surface area contributed by atoms with E-state index < -0.39 is 12.1 Å². The lowest BCUT2D eigenvalue weighted by Gasteiger charge is -2.51. The Hall–Kier alpha value is -2.80. The van der Waals surface area contributed by atoms with Crippen LogP contribution in [0.5, 0.6) is 5.75 Å². The second kappa shape index (κ2) is 9.45. The van der Waals surface area contributed by atoms with Gasteiger partial charge in [-0.3, -0.25) is 4.90 Å². The van der Waals surface area contributed by atoms with Crippen molar-refractivity contribution in [3.05, 3.63) is 77.9 Å². The van der Waals surface area contributed by atoms with Crippen LogP contribution in [-0.2, 0) is 4.29 Å². The summed E-state index contributed by atoms with van der Waals surface area (Å²) in [7, 11) is 1.63. The van der Waals surface area contributed by atoms with Crippen molar-refractivity contribution in [2.24, 2.45) is 11.8 Å². The summed E-state index contributed by atoms with van der Waals surface area (Å²) in [5.74, 6) is 1.14. The van der Waals surface area contributed by atoms with Gasteiger partial charge in [0.2, 0.25) is 0 Å². The average Bonchev–Trinajstić information content (AvgIpc) is 2.91. The Morgan fingerprint density at radius 1 is 1.32 bits per heavy atom. The van der Waals surface area contributed by atoms with Gasteiger partial charge in [-0.2, -0.15) is 0 Å². The van der Waals surface area contributed by atoms with Gasteiger partial charge in [-0.15, -0.1) is 6.58 Å². The molecule has 0 saturated carbocycles. The number of carbonyl (C=O) groups is 1. The lowest BCUT2D eigenvalue weighted by atomic mass is 9.72. The molecule has 2 aromatic carbocycles. The summed E-state index contributed by atoms with van der Waals surface area (Å²) < 4.78 is 9.97. The van der Waals surface area contributed by atoms with Gasteiger partial charge in [-0.05, 0) is 66.6 Å². The molecule has 178 valence electrons. The van der Waals surface area contributed by atoms with Gasteiger partial charge in [0.25, 0.3) is 0 Å². The lowest BCUT2D eigenvalue weighted by molar-refractivity contribution is -0.0254. The first kappa shape index (κ1) is 23.0. The number of aliphatic hydroxyl groups is 1. The first-order valence-electron chi connectivity index (χ1n) is 11.7. The smallest absolute Gasteiger partial charge is 0.356 e. The van der Waals surface area contributed by atoms with Gasteiger partial charge in [0.05, 0.1) is 24.8 Å². The molecule has 0 radical (unpaired) electrons. The average molecular weight is 481 g/mol. The number of anilines is 1. The van der Waals surface area contributed by atoms with E-state index in [1.165, 1.54) is 0 Å². The van der Waals surface area contributed by atoms with E-state index in [1.54, 1.807) is 19.2 Å². The van der Waals surface area contributed by atoms with Crippen LogP contribution < -0.4 is 10.1 Å². The fourth-order valence-electron chi connectivity index (χ4n) is 5.83. The Morgan fingerprint density at radius 3 is 2.85 bits per heavy atom. The molecule has 6 atom stereocenters. The molecule has 7 heteroatoms. The SMILES string of the molecule is C=C[C@H]1CN2CC[C@@H]1C[C@@H]2[C@@H](O)C1=CC(c2ccccc2C(=O)OCl)Nc2ccc(OC)cc21. The second-order valence-corrected chi connectivity index (χ2v) is 9.45. The summed E-state index contributed by atoms with van der Waals surface area (Å²) in [6.45, 7) is 5.93. The Bertz CT molecular complexity index is 1130. The fourth-order valence-corrected chi connectivity index (χ4v) is 5.91. The molecule has 3 fully saturated rings. The molecule has 2 unspecified atom stereocenters. The van der Waals surface area contributed by atoms with Crippen LogP contribution in [0.4, 0.5) is 5.69 Å². The zero-order valence-corrected chi connectivity index (χ0v) is 19.9. The highest BCUT2D eigenvalue weighted by atomic mass is 35.5. The summed E-state index contributed by atoms with van der Waals surface area (Å²) in [5, 5.41) is 15.3. The van der Waals surface area contributed by atoms with E-state index in [9.17, 15) is 9.90 Å². The van der Waals surface area contributed by atoms with Gasteiger partial charge in [0, 0.05) is 23.8 Å². The number of aliphatic hydroxyl groups excluding tert-OH is 1. The first-order chi connectivity index (χ1) is 16.5. The summed E-state index contributed by atoms with van der Waals surface area (Å²) in [4.78, 5) is 14.7. The standard InChI is InChI=1S/C27H29ClN2O4/c1-3-16-15-30-11-10-17(16)12-25(30)26(31)22-14-24(19-6-4-5-7-20(19)27(32)34-28)29-23-9-8-18(33-2)13-21(22)23/h3-9,13-14,16-17,24-26,29,31H,1,10-12,15H2,2H3/t16-,17+,24?,25+,26-/m0/s1. The van der Waals surface area contributed by atoms with Crippen LogP contribution in [0, 0.1) is 11.8 Å². The highest BCUT2D eigenvalue weighted by molar-refractivity contribution is 6.16. The van der Waals surface area contributed by atoms with Crippen LogP contribution in [0.2, 0.25) is 0 Å². The molecule has 0 aromatic heterocycles. The van der Waals surface area contributed by atoms with Crippen LogP contribution in [0.1, 0.15) is 40.4 Å². The molecule has 0 aliphatic carbocycles. The molecule has 3 saturated heterocycles. The maximum atomic E-state index is 12.3. The number of hydrogen-bond donors (Lipinski definition) is 2. The number of ether oxygens (including phenoxy) is 1. The van der Waals surface area contributed by atoms with Crippen molar-refractivity contribution in [1.82, 2.24) is 4.90 Å². The minimum Gasteiger partial charge on any atom is -0.497 e. The van der Waals surface area contributed by atoms with Gasteiger partial charge in [-0.25, -0.2) is 4.79 Å². The molecule has 6 rings (SSSR count). The molecule has 4 aliphatic rings. The van der Waals surface area contributed by atoms with Crippen LogP contribution in [-0.4, -0.2) is 48.3 Å². The molecule has 2 N–H and O–H groups in total. The molecule has 6 nitrogen and oxygen atoms in total. The number of carbonyl (C=O) groups excluding carboxylic acids is 1. The summed E-state index contributed by atoms with van der Waals surface area (Å²) in [6, 6.07) is 12.7. The molecule has 4 heterocycles. The third kappa shape index (κ3) is 4.00. The maximum absolute atomic E-state index is 12.3. The number of piperidine rings is 3. The van der Waals surface area contributed by atoms with E-state index in [4.69, 9.17) is 16.6 Å². The van der Waals surface area contributed by atoms with Crippen LogP contribution >= 0.6 is 11.9 Å². The molecular formula is C27H29ClN2O4. The van der Waals surface area contributed by atoms with E-state index in [-0.39, 0.29) is 12.1 Å². The monoisotopic (exact) mass is 480 g/mol. The van der Waals surface area contributed by atoms with E-state index in [0.29, 0.717) is 17.4 Å². The normalized spacial score (nSPS) is 28.2. The van der Waals surface area contributed by atoms with Crippen LogP contribution in [0.15, 0.2) is 61.2 Å². The number of methoxy groups -OCH3 is 1.